The summed E-state index contributed by atoms with van der Waals surface area (Å²) in [5, 5.41) is 8.36. The first-order chi connectivity index (χ1) is 10.6. The van der Waals surface area contributed by atoms with Crippen molar-refractivity contribution in [1.29, 1.82) is 0 Å². The van der Waals surface area contributed by atoms with Crippen molar-refractivity contribution in [3.8, 4) is 11.3 Å². The molecular formula is C17H14BrN3O. The molecule has 1 heterocycles. The van der Waals surface area contributed by atoms with E-state index in [0.29, 0.717) is 17.8 Å². The van der Waals surface area contributed by atoms with Gasteiger partial charge in [0.25, 0.3) is 0 Å². The van der Waals surface area contributed by atoms with Gasteiger partial charge in [0.2, 0.25) is 0 Å². The number of rotatable bonds is 4. The summed E-state index contributed by atoms with van der Waals surface area (Å²) in [6.07, 6.45) is 1.86. The molecule has 5 heteroatoms. The summed E-state index contributed by atoms with van der Waals surface area (Å²) in [5.41, 5.74) is 3.31. The fourth-order valence-electron chi connectivity index (χ4n) is 2.31. The van der Waals surface area contributed by atoms with E-state index in [2.05, 4.69) is 26.2 Å². The predicted octanol–water partition coefficient (Wildman–Crippen LogP) is 3.96. The molecule has 0 saturated carbocycles. The highest BCUT2D eigenvalue weighted by atomic mass is 79.9. The summed E-state index contributed by atoms with van der Waals surface area (Å²) in [6.45, 7) is 2.18. The van der Waals surface area contributed by atoms with Crippen LogP contribution < -0.4 is 0 Å². The van der Waals surface area contributed by atoms with Gasteiger partial charge < -0.3 is 0 Å². The fraction of sp³-hybridized carbons (Fsp3) is 0.118. The number of ketones is 1. The standard InChI is InChI=1S/C17H14BrN3O/c1-12(22)14-7-3-4-8-15(14)17-11-21(20-19-17)10-13-6-2-5-9-16(13)18/h2-9,11H,10H2,1H3. The molecule has 0 aliphatic carbocycles. The second-order valence-corrected chi connectivity index (χ2v) is 5.85. The Bertz CT molecular complexity index is 826. The van der Waals surface area contributed by atoms with Crippen molar-refractivity contribution >= 4 is 21.7 Å². The second kappa shape index (κ2) is 6.23. The van der Waals surface area contributed by atoms with Gasteiger partial charge >= 0.3 is 0 Å². The lowest BCUT2D eigenvalue weighted by atomic mass is 10.0. The molecule has 0 unspecified atom stereocenters. The maximum atomic E-state index is 11.7. The van der Waals surface area contributed by atoms with Crippen molar-refractivity contribution in [2.24, 2.45) is 0 Å². The Morgan fingerprint density at radius 3 is 2.64 bits per heavy atom. The molecule has 0 fully saturated rings. The van der Waals surface area contributed by atoms with Crippen LogP contribution >= 0.6 is 15.9 Å². The molecule has 4 nitrogen and oxygen atoms in total. The lowest BCUT2D eigenvalue weighted by molar-refractivity contribution is 0.101. The minimum atomic E-state index is 0.0240. The summed E-state index contributed by atoms with van der Waals surface area (Å²) < 4.78 is 2.81. The summed E-state index contributed by atoms with van der Waals surface area (Å²) in [4.78, 5) is 11.7. The smallest absolute Gasteiger partial charge is 0.160 e. The first-order valence-corrected chi connectivity index (χ1v) is 7.68. The molecule has 3 aromatic rings. The number of carbonyl (C=O) groups is 1. The maximum Gasteiger partial charge on any atom is 0.160 e. The molecule has 0 radical (unpaired) electrons. The van der Waals surface area contributed by atoms with Crippen molar-refractivity contribution in [1.82, 2.24) is 15.0 Å². The number of benzene rings is 2. The van der Waals surface area contributed by atoms with Crippen LogP contribution in [0.15, 0.2) is 59.2 Å². The Kier molecular flexibility index (Phi) is 4.15. The summed E-state index contributed by atoms with van der Waals surface area (Å²) in [6, 6.07) is 15.5. The number of carbonyl (C=O) groups excluding carboxylic acids is 1. The van der Waals surface area contributed by atoms with E-state index in [9.17, 15) is 4.79 Å². The molecule has 0 atom stereocenters. The minimum Gasteiger partial charge on any atom is -0.294 e. The molecule has 2 aromatic carbocycles. The van der Waals surface area contributed by atoms with Gasteiger partial charge in [-0.05, 0) is 18.6 Å². The largest absolute Gasteiger partial charge is 0.294 e. The monoisotopic (exact) mass is 355 g/mol. The van der Waals surface area contributed by atoms with Crippen molar-refractivity contribution in [2.45, 2.75) is 13.5 Å². The number of hydrogen-bond acceptors (Lipinski definition) is 3. The Hall–Kier alpha value is -2.27. The molecule has 3 rings (SSSR count). The lowest BCUT2D eigenvalue weighted by Gasteiger charge is -2.04. The van der Waals surface area contributed by atoms with E-state index in [1.165, 1.54) is 0 Å². The molecule has 0 amide bonds. The van der Waals surface area contributed by atoms with Crippen LogP contribution in [0.3, 0.4) is 0 Å². The third-order valence-electron chi connectivity index (χ3n) is 3.41. The normalized spacial score (nSPS) is 10.6. The van der Waals surface area contributed by atoms with Gasteiger partial charge in [0.15, 0.2) is 5.78 Å². The van der Waals surface area contributed by atoms with E-state index in [-0.39, 0.29) is 5.78 Å². The molecule has 0 aliphatic rings. The lowest BCUT2D eigenvalue weighted by Crippen LogP contribution is -2.00. The van der Waals surface area contributed by atoms with Gasteiger partial charge in [-0.15, -0.1) is 5.10 Å². The highest BCUT2D eigenvalue weighted by molar-refractivity contribution is 9.10. The van der Waals surface area contributed by atoms with Crippen LogP contribution in [0.25, 0.3) is 11.3 Å². The van der Waals surface area contributed by atoms with Crippen LogP contribution in [-0.4, -0.2) is 20.8 Å². The van der Waals surface area contributed by atoms with Gasteiger partial charge in [0.1, 0.15) is 5.69 Å². The predicted molar refractivity (Wildman–Crippen MR) is 88.7 cm³/mol. The third-order valence-corrected chi connectivity index (χ3v) is 4.18. The molecule has 22 heavy (non-hydrogen) atoms. The average molecular weight is 356 g/mol. The molecule has 110 valence electrons. The maximum absolute atomic E-state index is 11.7. The van der Waals surface area contributed by atoms with E-state index in [4.69, 9.17) is 0 Å². The van der Waals surface area contributed by atoms with Gasteiger partial charge in [-0.1, -0.05) is 63.6 Å². The molecular weight excluding hydrogens is 342 g/mol. The Morgan fingerprint density at radius 1 is 1.14 bits per heavy atom. The summed E-state index contributed by atoms with van der Waals surface area (Å²) in [7, 11) is 0. The van der Waals surface area contributed by atoms with Gasteiger partial charge in [0.05, 0.1) is 12.7 Å². The quantitative estimate of drug-likeness (QED) is 0.665. The molecule has 0 aliphatic heterocycles. The number of nitrogens with zero attached hydrogens (tertiary/aromatic N) is 3. The molecule has 0 saturated heterocycles. The molecule has 0 bridgehead atoms. The number of halogens is 1. The molecule has 0 N–H and O–H groups in total. The third kappa shape index (κ3) is 2.99. The van der Waals surface area contributed by atoms with Crippen LogP contribution in [0.4, 0.5) is 0 Å². The van der Waals surface area contributed by atoms with Crippen LogP contribution in [0.2, 0.25) is 0 Å². The van der Waals surface area contributed by atoms with Crippen molar-refractivity contribution < 1.29 is 4.79 Å². The van der Waals surface area contributed by atoms with Crippen molar-refractivity contribution in [3.05, 3.63) is 70.3 Å². The summed E-state index contributed by atoms with van der Waals surface area (Å²) >= 11 is 3.53. The van der Waals surface area contributed by atoms with E-state index < -0.39 is 0 Å². The van der Waals surface area contributed by atoms with Crippen molar-refractivity contribution in [3.63, 3.8) is 0 Å². The Labute approximate surface area is 136 Å². The zero-order valence-corrected chi connectivity index (χ0v) is 13.6. The van der Waals surface area contributed by atoms with Gasteiger partial charge in [-0.2, -0.15) is 0 Å². The van der Waals surface area contributed by atoms with Gasteiger partial charge in [0, 0.05) is 15.6 Å². The van der Waals surface area contributed by atoms with Gasteiger partial charge in [-0.3, -0.25) is 4.79 Å². The highest BCUT2D eigenvalue weighted by Gasteiger charge is 2.12. The van der Waals surface area contributed by atoms with E-state index in [1.54, 1.807) is 11.6 Å². The van der Waals surface area contributed by atoms with Crippen molar-refractivity contribution in [2.75, 3.05) is 0 Å². The minimum absolute atomic E-state index is 0.0240. The summed E-state index contributed by atoms with van der Waals surface area (Å²) in [5.74, 6) is 0.0240. The van der Waals surface area contributed by atoms with E-state index in [0.717, 1.165) is 15.6 Å². The van der Waals surface area contributed by atoms with Crippen LogP contribution in [0, 0.1) is 0 Å². The van der Waals surface area contributed by atoms with Gasteiger partial charge in [-0.25, -0.2) is 4.68 Å². The zero-order chi connectivity index (χ0) is 15.5. The Balaban J connectivity index is 1.92. The topological polar surface area (TPSA) is 47.8 Å². The van der Waals surface area contributed by atoms with Crippen LogP contribution in [-0.2, 0) is 6.54 Å². The first-order valence-electron chi connectivity index (χ1n) is 6.89. The Morgan fingerprint density at radius 2 is 1.86 bits per heavy atom. The van der Waals surface area contributed by atoms with Crippen LogP contribution in [0.1, 0.15) is 22.8 Å². The fourth-order valence-corrected chi connectivity index (χ4v) is 2.72. The van der Waals surface area contributed by atoms with E-state index >= 15 is 0 Å². The highest BCUT2D eigenvalue weighted by Crippen LogP contribution is 2.22. The number of hydrogen-bond donors (Lipinski definition) is 0. The number of Topliss-reactive ketones (excluding diaryl/α,β-unsaturated/α-hetero) is 1. The molecule has 1 aromatic heterocycles. The zero-order valence-electron chi connectivity index (χ0n) is 12.0. The SMILES string of the molecule is CC(=O)c1ccccc1-c1cn(Cc2ccccc2Br)nn1. The van der Waals surface area contributed by atoms with E-state index in [1.807, 2.05) is 54.7 Å². The van der Waals surface area contributed by atoms with Crippen LogP contribution in [0.5, 0.6) is 0 Å². The molecule has 0 spiro atoms. The average Bonchev–Trinajstić information content (AvgIpc) is 2.98. The number of aromatic nitrogens is 3. The second-order valence-electron chi connectivity index (χ2n) is 4.99. The first kappa shape index (κ1) is 14.7.